The molecule has 0 aliphatic rings. The van der Waals surface area contributed by atoms with E-state index in [2.05, 4.69) is 40.6 Å². The minimum absolute atomic E-state index is 0.133. The van der Waals surface area contributed by atoms with Gasteiger partial charge in [0, 0.05) is 9.50 Å². The fourth-order valence-corrected chi connectivity index (χ4v) is 2.72. The number of halogens is 2. The van der Waals surface area contributed by atoms with Crippen LogP contribution in [0, 0.1) is 5.92 Å². The molecule has 27 heavy (non-hydrogen) atoms. The number of carbonyl (C=O) groups excluding carboxylic acids is 2. The van der Waals surface area contributed by atoms with Gasteiger partial charge in [0.1, 0.15) is 5.75 Å². The molecule has 0 aromatic heterocycles. The molecule has 0 radical (unpaired) electrons. The van der Waals surface area contributed by atoms with Gasteiger partial charge in [-0.15, -0.1) is 0 Å². The number of hydrogen-bond acceptors (Lipinski definition) is 3. The van der Waals surface area contributed by atoms with Crippen molar-refractivity contribution in [2.24, 2.45) is 5.92 Å². The molecule has 2 amide bonds. The van der Waals surface area contributed by atoms with E-state index < -0.39 is 5.91 Å². The van der Waals surface area contributed by atoms with Gasteiger partial charge in [0.15, 0.2) is 0 Å². The minimum Gasteiger partial charge on any atom is -0.493 e. The zero-order valence-corrected chi connectivity index (χ0v) is 17.6. The van der Waals surface area contributed by atoms with Crippen LogP contribution < -0.4 is 15.6 Å². The van der Waals surface area contributed by atoms with E-state index >= 15 is 0 Å². The number of benzene rings is 2. The van der Waals surface area contributed by atoms with Crippen molar-refractivity contribution in [2.75, 3.05) is 6.61 Å². The van der Waals surface area contributed by atoms with Crippen molar-refractivity contribution in [3.63, 3.8) is 0 Å². The standard InChI is InChI=1S/C20H22BrClN2O3/c1-13(2)9-10-27-18-8-5-15(21)12-17(18)20(26)24-23-19(25)11-14-3-6-16(22)7-4-14/h3-8,12-13H,9-11H2,1-2H3,(H,23,25)(H,24,26). The van der Waals surface area contributed by atoms with Gasteiger partial charge in [-0.05, 0) is 48.2 Å². The Kier molecular flexibility index (Phi) is 8.13. The van der Waals surface area contributed by atoms with E-state index in [4.69, 9.17) is 16.3 Å². The van der Waals surface area contributed by atoms with Crippen LogP contribution in [0.5, 0.6) is 5.75 Å². The Balaban J connectivity index is 1.95. The maximum absolute atomic E-state index is 12.5. The Bertz CT molecular complexity index is 794. The topological polar surface area (TPSA) is 67.4 Å². The summed E-state index contributed by atoms with van der Waals surface area (Å²) in [7, 11) is 0. The largest absolute Gasteiger partial charge is 0.493 e. The van der Waals surface area contributed by atoms with Gasteiger partial charge in [0.05, 0.1) is 18.6 Å². The van der Waals surface area contributed by atoms with Crippen molar-refractivity contribution in [1.29, 1.82) is 0 Å². The molecule has 0 aliphatic carbocycles. The highest BCUT2D eigenvalue weighted by Gasteiger charge is 2.14. The first-order valence-electron chi connectivity index (χ1n) is 8.61. The molecule has 0 bridgehead atoms. The van der Waals surface area contributed by atoms with E-state index in [1.54, 1.807) is 42.5 Å². The molecule has 0 atom stereocenters. The Morgan fingerprint density at radius 3 is 2.48 bits per heavy atom. The Hall–Kier alpha value is -2.05. The van der Waals surface area contributed by atoms with Gasteiger partial charge in [-0.1, -0.05) is 53.5 Å². The monoisotopic (exact) mass is 452 g/mol. The lowest BCUT2D eigenvalue weighted by molar-refractivity contribution is -0.121. The normalized spacial score (nSPS) is 10.6. The Labute approximate surface area is 172 Å². The number of amides is 2. The SMILES string of the molecule is CC(C)CCOc1ccc(Br)cc1C(=O)NNC(=O)Cc1ccc(Cl)cc1. The molecule has 0 aliphatic heterocycles. The molecule has 0 heterocycles. The fourth-order valence-electron chi connectivity index (χ4n) is 2.24. The number of carbonyl (C=O) groups is 2. The van der Waals surface area contributed by atoms with Crippen LogP contribution >= 0.6 is 27.5 Å². The highest BCUT2D eigenvalue weighted by molar-refractivity contribution is 9.10. The minimum atomic E-state index is -0.444. The summed E-state index contributed by atoms with van der Waals surface area (Å²) in [6.45, 7) is 4.73. The van der Waals surface area contributed by atoms with Crippen LogP contribution in [0.25, 0.3) is 0 Å². The molecule has 0 spiro atoms. The fraction of sp³-hybridized carbons (Fsp3) is 0.300. The van der Waals surface area contributed by atoms with Crippen molar-refractivity contribution in [3.8, 4) is 5.75 Å². The summed E-state index contributed by atoms with van der Waals surface area (Å²) in [5.41, 5.74) is 6.00. The molecule has 2 rings (SSSR count). The maximum Gasteiger partial charge on any atom is 0.273 e. The summed E-state index contributed by atoms with van der Waals surface area (Å²) in [6.07, 6.45) is 1.02. The summed E-state index contributed by atoms with van der Waals surface area (Å²) in [4.78, 5) is 24.5. The molecule has 0 fully saturated rings. The van der Waals surface area contributed by atoms with Gasteiger partial charge in [-0.25, -0.2) is 0 Å². The number of rotatable bonds is 7. The van der Waals surface area contributed by atoms with E-state index in [1.165, 1.54) is 0 Å². The van der Waals surface area contributed by atoms with E-state index in [0.29, 0.717) is 28.9 Å². The first kappa shape index (κ1) is 21.3. The van der Waals surface area contributed by atoms with Gasteiger partial charge in [0.2, 0.25) is 5.91 Å². The van der Waals surface area contributed by atoms with Crippen molar-refractivity contribution < 1.29 is 14.3 Å². The predicted octanol–water partition coefficient (Wildman–Crippen LogP) is 4.53. The van der Waals surface area contributed by atoms with E-state index in [-0.39, 0.29) is 12.3 Å². The summed E-state index contributed by atoms with van der Waals surface area (Å²) in [5, 5.41) is 0.604. The lowest BCUT2D eigenvalue weighted by Crippen LogP contribution is -2.42. The van der Waals surface area contributed by atoms with Gasteiger partial charge in [-0.2, -0.15) is 0 Å². The van der Waals surface area contributed by atoms with Gasteiger partial charge < -0.3 is 4.74 Å². The molecular formula is C20H22BrClN2O3. The summed E-state index contributed by atoms with van der Waals surface area (Å²) >= 11 is 9.18. The molecule has 0 saturated carbocycles. The molecule has 144 valence electrons. The molecule has 2 N–H and O–H groups in total. The second-order valence-corrected chi connectivity index (χ2v) is 7.83. The van der Waals surface area contributed by atoms with Crippen molar-refractivity contribution >= 4 is 39.3 Å². The van der Waals surface area contributed by atoms with E-state index in [1.807, 2.05) is 0 Å². The quantitative estimate of drug-likeness (QED) is 0.605. The molecule has 2 aromatic carbocycles. The van der Waals surface area contributed by atoms with Crippen LogP contribution in [0.4, 0.5) is 0 Å². The number of hydrazine groups is 1. The van der Waals surface area contributed by atoms with Crippen LogP contribution in [0.1, 0.15) is 36.2 Å². The van der Waals surface area contributed by atoms with Crippen molar-refractivity contribution in [3.05, 3.63) is 63.1 Å². The highest BCUT2D eigenvalue weighted by atomic mass is 79.9. The number of hydrogen-bond donors (Lipinski definition) is 2. The first-order chi connectivity index (χ1) is 12.8. The molecular weight excluding hydrogens is 432 g/mol. The summed E-state index contributed by atoms with van der Waals surface area (Å²) in [6, 6.07) is 12.1. The average molecular weight is 454 g/mol. The van der Waals surface area contributed by atoms with E-state index in [0.717, 1.165) is 16.5 Å². The third kappa shape index (κ3) is 7.23. The molecule has 0 saturated heterocycles. The van der Waals surface area contributed by atoms with Gasteiger partial charge in [-0.3, -0.25) is 20.4 Å². The third-order valence-corrected chi connectivity index (χ3v) is 4.48. The predicted molar refractivity (Wildman–Crippen MR) is 110 cm³/mol. The summed E-state index contributed by atoms with van der Waals surface area (Å²) in [5.74, 6) is 0.205. The van der Waals surface area contributed by atoms with Gasteiger partial charge in [0.25, 0.3) is 5.91 Å². The average Bonchev–Trinajstić information content (AvgIpc) is 2.62. The maximum atomic E-state index is 12.5. The molecule has 2 aromatic rings. The van der Waals surface area contributed by atoms with Gasteiger partial charge >= 0.3 is 0 Å². The number of nitrogens with one attached hydrogen (secondary N) is 2. The van der Waals surface area contributed by atoms with Crippen LogP contribution in [0.3, 0.4) is 0 Å². The Morgan fingerprint density at radius 1 is 1.11 bits per heavy atom. The molecule has 5 nitrogen and oxygen atoms in total. The Morgan fingerprint density at radius 2 is 1.81 bits per heavy atom. The first-order valence-corrected chi connectivity index (χ1v) is 9.78. The zero-order valence-electron chi connectivity index (χ0n) is 15.2. The lowest BCUT2D eigenvalue weighted by atomic mass is 10.1. The lowest BCUT2D eigenvalue weighted by Gasteiger charge is -2.13. The second-order valence-electron chi connectivity index (χ2n) is 6.48. The second kappa shape index (κ2) is 10.3. The molecule has 7 heteroatoms. The van der Waals surface area contributed by atoms with Crippen molar-refractivity contribution in [2.45, 2.75) is 26.7 Å². The highest BCUT2D eigenvalue weighted by Crippen LogP contribution is 2.23. The third-order valence-electron chi connectivity index (χ3n) is 3.73. The zero-order chi connectivity index (χ0) is 19.8. The number of ether oxygens (including phenoxy) is 1. The smallest absolute Gasteiger partial charge is 0.273 e. The van der Waals surface area contributed by atoms with Crippen LogP contribution in [-0.4, -0.2) is 18.4 Å². The van der Waals surface area contributed by atoms with Crippen LogP contribution in [0.2, 0.25) is 5.02 Å². The summed E-state index contributed by atoms with van der Waals surface area (Å²) < 4.78 is 6.48. The van der Waals surface area contributed by atoms with Crippen LogP contribution in [-0.2, 0) is 11.2 Å². The van der Waals surface area contributed by atoms with E-state index in [9.17, 15) is 9.59 Å². The molecule has 0 unspecified atom stereocenters. The van der Waals surface area contributed by atoms with Crippen molar-refractivity contribution in [1.82, 2.24) is 10.9 Å². The van der Waals surface area contributed by atoms with Crippen LogP contribution in [0.15, 0.2) is 46.9 Å².